The van der Waals surface area contributed by atoms with Gasteiger partial charge in [0.2, 0.25) is 0 Å². The van der Waals surface area contributed by atoms with Gasteiger partial charge in [-0.15, -0.1) is 0 Å². The first-order chi connectivity index (χ1) is 13.1. The molecule has 0 aliphatic heterocycles. The molecule has 0 radical (unpaired) electrons. The zero-order valence-corrected chi connectivity index (χ0v) is 15.4. The molecule has 4 heteroatoms. The van der Waals surface area contributed by atoms with E-state index in [4.69, 9.17) is 0 Å². The number of allylic oxidation sites excluding steroid dienone is 2. The van der Waals surface area contributed by atoms with Crippen molar-refractivity contribution in [2.75, 3.05) is 0 Å². The fourth-order valence-electron chi connectivity index (χ4n) is 2.94. The van der Waals surface area contributed by atoms with Crippen LogP contribution in [0.3, 0.4) is 0 Å². The fraction of sp³-hybridized carbons (Fsp3) is 0.130. The van der Waals surface area contributed by atoms with Gasteiger partial charge in [-0.3, -0.25) is 0 Å². The van der Waals surface area contributed by atoms with Crippen LogP contribution in [0.15, 0.2) is 60.7 Å². The highest BCUT2D eigenvalue weighted by molar-refractivity contribution is 5.90. The molecule has 2 N–H and O–H groups in total. The number of hydrogen-bond donors (Lipinski definition) is 2. The maximum Gasteiger partial charge on any atom is 0.354 e. The summed E-state index contributed by atoms with van der Waals surface area (Å²) in [6.07, 6.45) is 7.04. The highest BCUT2D eigenvalue weighted by Crippen LogP contribution is 2.16. The Morgan fingerprint density at radius 3 is 2.52 bits per heavy atom. The second-order valence-electron chi connectivity index (χ2n) is 6.13. The Morgan fingerprint density at radius 2 is 1.85 bits per heavy atom. The lowest BCUT2D eigenvalue weighted by Crippen LogP contribution is -2.22. The van der Waals surface area contributed by atoms with E-state index in [-0.39, 0.29) is 5.69 Å². The van der Waals surface area contributed by atoms with E-state index in [0.717, 1.165) is 33.8 Å². The number of carboxylic acid groups (broad SMARTS) is 1. The van der Waals surface area contributed by atoms with Crippen LogP contribution in [0.25, 0.3) is 29.0 Å². The average molecular weight is 358 g/mol. The Labute approximate surface area is 158 Å². The second kappa shape index (κ2) is 8.32. The second-order valence-corrected chi connectivity index (χ2v) is 6.13. The molecule has 0 saturated carbocycles. The van der Waals surface area contributed by atoms with E-state index in [1.54, 1.807) is 6.07 Å². The van der Waals surface area contributed by atoms with Crippen LogP contribution in [-0.4, -0.2) is 21.0 Å². The molecule has 0 amide bonds. The van der Waals surface area contributed by atoms with E-state index in [0.29, 0.717) is 5.69 Å². The summed E-state index contributed by atoms with van der Waals surface area (Å²) in [6.45, 7) is 4.02. The average Bonchev–Trinajstić information content (AvgIpc) is 3.09. The van der Waals surface area contributed by atoms with Crippen molar-refractivity contribution in [2.45, 2.75) is 20.3 Å². The van der Waals surface area contributed by atoms with Crippen LogP contribution < -0.4 is 10.6 Å². The van der Waals surface area contributed by atoms with Gasteiger partial charge in [0.15, 0.2) is 0 Å². The number of aromatic nitrogens is 2. The van der Waals surface area contributed by atoms with E-state index >= 15 is 0 Å². The zero-order valence-electron chi connectivity index (χ0n) is 15.4. The van der Waals surface area contributed by atoms with Crippen molar-refractivity contribution in [3.05, 3.63) is 82.6 Å². The van der Waals surface area contributed by atoms with Gasteiger partial charge in [0, 0.05) is 16.3 Å². The number of pyridine rings is 1. The van der Waals surface area contributed by atoms with Gasteiger partial charge >= 0.3 is 5.97 Å². The maximum absolute atomic E-state index is 11.2. The first-order valence-corrected chi connectivity index (χ1v) is 8.95. The molecule has 3 rings (SSSR count). The highest BCUT2D eigenvalue weighted by Gasteiger charge is 2.07. The topological polar surface area (TPSA) is 66.0 Å². The van der Waals surface area contributed by atoms with Crippen LogP contribution in [0, 0.1) is 0 Å². The minimum Gasteiger partial charge on any atom is -0.477 e. The molecular formula is C23H22N2O2. The largest absolute Gasteiger partial charge is 0.477 e. The standard InChI is InChI=1S/C23H22N2O2/c1-3-9-19-18(15-22(25-19)17-10-6-5-7-11-17)14-16(4-2)20-12-8-13-21(24-20)23(26)27/h4-15,25H,3H2,1-2H3,(H,26,27)/b16-4+,18-14-,19-9-. The van der Waals surface area contributed by atoms with Gasteiger partial charge in [0.1, 0.15) is 5.69 Å². The SMILES string of the molecule is C\C=C(/C=c1/cc(-c2ccccc2)[nH]/c1=C\CC)c1cccc(C(=O)O)n1. The Morgan fingerprint density at radius 1 is 1.11 bits per heavy atom. The number of rotatable bonds is 5. The zero-order chi connectivity index (χ0) is 19.2. The summed E-state index contributed by atoms with van der Waals surface area (Å²) in [6, 6.07) is 17.3. The normalized spacial score (nSPS) is 13.2. The number of aromatic amines is 1. The lowest BCUT2D eigenvalue weighted by atomic mass is 10.1. The molecule has 0 fully saturated rings. The molecule has 0 atom stereocenters. The van der Waals surface area contributed by atoms with Crippen LogP contribution >= 0.6 is 0 Å². The maximum atomic E-state index is 11.2. The number of hydrogen-bond acceptors (Lipinski definition) is 2. The summed E-state index contributed by atoms with van der Waals surface area (Å²) in [4.78, 5) is 19.0. The molecular weight excluding hydrogens is 336 g/mol. The van der Waals surface area contributed by atoms with Crippen molar-refractivity contribution in [1.82, 2.24) is 9.97 Å². The first kappa shape index (κ1) is 18.4. The van der Waals surface area contributed by atoms with Crippen LogP contribution in [0.5, 0.6) is 0 Å². The van der Waals surface area contributed by atoms with E-state index in [2.05, 4.69) is 41.2 Å². The van der Waals surface area contributed by atoms with Crippen molar-refractivity contribution in [1.29, 1.82) is 0 Å². The summed E-state index contributed by atoms with van der Waals surface area (Å²) < 4.78 is 0. The van der Waals surface area contributed by atoms with Gasteiger partial charge in [-0.2, -0.15) is 0 Å². The van der Waals surface area contributed by atoms with Gasteiger partial charge in [-0.25, -0.2) is 9.78 Å². The van der Waals surface area contributed by atoms with Crippen molar-refractivity contribution in [3.8, 4) is 11.3 Å². The first-order valence-electron chi connectivity index (χ1n) is 8.95. The number of carbonyl (C=O) groups is 1. The number of nitrogens with zero attached hydrogens (tertiary/aromatic N) is 1. The predicted octanol–water partition coefficient (Wildman–Crippen LogP) is 3.85. The summed E-state index contributed by atoms with van der Waals surface area (Å²) in [7, 11) is 0. The molecule has 0 saturated heterocycles. The molecule has 4 nitrogen and oxygen atoms in total. The number of nitrogens with one attached hydrogen (secondary N) is 1. The number of H-pyrrole nitrogens is 1. The minimum absolute atomic E-state index is 0.0413. The van der Waals surface area contributed by atoms with Gasteiger partial charge in [0.05, 0.1) is 5.69 Å². The van der Waals surface area contributed by atoms with Gasteiger partial charge in [0.25, 0.3) is 0 Å². The quantitative estimate of drug-likeness (QED) is 0.728. The number of carboxylic acids is 1. The van der Waals surface area contributed by atoms with E-state index in [9.17, 15) is 9.90 Å². The Balaban J connectivity index is 2.12. The molecule has 0 spiro atoms. The summed E-state index contributed by atoms with van der Waals surface area (Å²) in [5, 5.41) is 11.3. The molecule has 0 aliphatic carbocycles. The van der Waals surface area contributed by atoms with Crippen LogP contribution in [0.4, 0.5) is 0 Å². The van der Waals surface area contributed by atoms with Gasteiger partial charge in [-0.1, -0.05) is 55.5 Å². The molecule has 2 heterocycles. The third kappa shape index (κ3) is 4.23. The summed E-state index contributed by atoms with van der Waals surface area (Å²) in [5.74, 6) is -1.03. The molecule has 0 bridgehead atoms. The molecule has 3 aromatic rings. The molecule has 27 heavy (non-hydrogen) atoms. The van der Waals surface area contributed by atoms with Crippen molar-refractivity contribution >= 4 is 23.7 Å². The van der Waals surface area contributed by atoms with Gasteiger partial charge < -0.3 is 10.1 Å². The molecule has 136 valence electrons. The van der Waals surface area contributed by atoms with Crippen LogP contribution in [0.1, 0.15) is 36.5 Å². The Kier molecular flexibility index (Phi) is 5.67. The summed E-state index contributed by atoms with van der Waals surface area (Å²) in [5.41, 5.74) is 3.73. The Hall–Kier alpha value is -3.40. The molecule has 1 aromatic carbocycles. The predicted molar refractivity (Wildman–Crippen MR) is 110 cm³/mol. The minimum atomic E-state index is -1.03. The number of aromatic carboxylic acids is 1. The van der Waals surface area contributed by atoms with Crippen molar-refractivity contribution < 1.29 is 9.90 Å². The van der Waals surface area contributed by atoms with Crippen molar-refractivity contribution in [2.24, 2.45) is 0 Å². The monoisotopic (exact) mass is 358 g/mol. The third-order valence-corrected chi connectivity index (χ3v) is 4.26. The molecule has 0 aliphatic rings. The van der Waals surface area contributed by atoms with Crippen LogP contribution in [0.2, 0.25) is 0 Å². The highest BCUT2D eigenvalue weighted by atomic mass is 16.4. The third-order valence-electron chi connectivity index (χ3n) is 4.26. The van der Waals surface area contributed by atoms with E-state index in [1.807, 2.05) is 43.3 Å². The Bertz CT molecular complexity index is 1090. The molecule has 0 unspecified atom stereocenters. The van der Waals surface area contributed by atoms with E-state index < -0.39 is 5.97 Å². The van der Waals surface area contributed by atoms with Crippen molar-refractivity contribution in [3.63, 3.8) is 0 Å². The fourth-order valence-corrected chi connectivity index (χ4v) is 2.94. The summed E-state index contributed by atoms with van der Waals surface area (Å²) >= 11 is 0. The van der Waals surface area contributed by atoms with Crippen LogP contribution in [-0.2, 0) is 0 Å². The lowest BCUT2D eigenvalue weighted by Gasteiger charge is -2.02. The smallest absolute Gasteiger partial charge is 0.354 e. The molecule has 2 aromatic heterocycles. The van der Waals surface area contributed by atoms with Gasteiger partial charge in [-0.05, 0) is 48.8 Å². The number of benzene rings is 1. The lowest BCUT2D eigenvalue weighted by molar-refractivity contribution is 0.0690. The van der Waals surface area contributed by atoms with E-state index in [1.165, 1.54) is 6.07 Å².